The van der Waals surface area contributed by atoms with Gasteiger partial charge < -0.3 is 37.2 Å². The Labute approximate surface area is 168 Å². The molecule has 12 nitrogen and oxygen atoms in total. The molecule has 1 aliphatic rings. The van der Waals surface area contributed by atoms with Crippen LogP contribution in [0.2, 0.25) is 0 Å². The van der Waals surface area contributed by atoms with E-state index in [2.05, 4.69) is 10.6 Å². The predicted octanol–water partition coefficient (Wildman–Crippen LogP) is -2.97. The number of nitrogens with zero attached hydrogens (tertiary/aromatic N) is 1. The smallest absolute Gasteiger partial charge is 0.326 e. The first-order valence-corrected chi connectivity index (χ1v) is 9.31. The van der Waals surface area contributed by atoms with E-state index < -0.39 is 59.9 Å². The van der Waals surface area contributed by atoms with Gasteiger partial charge in [-0.1, -0.05) is 0 Å². The Hall–Kier alpha value is -2.73. The molecule has 1 fully saturated rings. The van der Waals surface area contributed by atoms with Crippen molar-refractivity contribution in [2.75, 3.05) is 6.54 Å². The minimum absolute atomic E-state index is 0.240. The number of aliphatic carboxylic acids is 1. The fourth-order valence-electron chi connectivity index (χ4n) is 3.02. The van der Waals surface area contributed by atoms with Crippen LogP contribution in [0.1, 0.15) is 39.5 Å². The van der Waals surface area contributed by atoms with Crippen molar-refractivity contribution in [1.29, 1.82) is 0 Å². The summed E-state index contributed by atoms with van der Waals surface area (Å²) in [6.07, 6.45) is -0.899. The molecule has 12 heteroatoms. The number of carboxylic acid groups (broad SMARTS) is 1. The van der Waals surface area contributed by atoms with Crippen molar-refractivity contribution in [1.82, 2.24) is 15.5 Å². The van der Waals surface area contributed by atoms with Gasteiger partial charge in [-0.05, 0) is 33.1 Å². The zero-order valence-electron chi connectivity index (χ0n) is 16.5. The zero-order chi connectivity index (χ0) is 22.3. The topological polar surface area (TPSA) is 205 Å². The molecule has 1 rings (SSSR count). The zero-order valence-corrected chi connectivity index (χ0v) is 16.5. The van der Waals surface area contributed by atoms with E-state index in [-0.39, 0.29) is 12.8 Å². The number of hydrogen-bond donors (Lipinski definition) is 6. The first kappa shape index (κ1) is 24.3. The van der Waals surface area contributed by atoms with Crippen molar-refractivity contribution in [2.45, 2.75) is 69.8 Å². The first-order chi connectivity index (χ1) is 13.5. The molecule has 0 aromatic rings. The van der Waals surface area contributed by atoms with E-state index in [0.717, 1.165) is 0 Å². The first-order valence-electron chi connectivity index (χ1n) is 9.31. The molecule has 1 aliphatic heterocycles. The van der Waals surface area contributed by atoms with Crippen LogP contribution < -0.4 is 22.1 Å². The fourth-order valence-corrected chi connectivity index (χ4v) is 3.02. The molecule has 0 spiro atoms. The number of carbonyl (C=O) groups excluding carboxylic acids is 4. The average molecular weight is 415 g/mol. The van der Waals surface area contributed by atoms with E-state index in [1.807, 2.05) is 0 Å². The normalized spacial score (nSPS) is 20.3. The molecule has 8 N–H and O–H groups in total. The number of nitrogens with two attached hydrogens (primary N) is 2. The second-order valence-electron chi connectivity index (χ2n) is 7.11. The maximum Gasteiger partial charge on any atom is 0.326 e. The molecule has 0 radical (unpaired) electrons. The lowest BCUT2D eigenvalue weighted by molar-refractivity contribution is -0.144. The molecule has 0 bridgehead atoms. The van der Waals surface area contributed by atoms with Crippen molar-refractivity contribution >= 4 is 29.6 Å². The van der Waals surface area contributed by atoms with E-state index in [4.69, 9.17) is 11.5 Å². The Balaban J connectivity index is 2.84. The highest BCUT2D eigenvalue weighted by molar-refractivity contribution is 5.94. The number of hydrogen-bond acceptors (Lipinski definition) is 7. The van der Waals surface area contributed by atoms with Crippen LogP contribution in [0.3, 0.4) is 0 Å². The summed E-state index contributed by atoms with van der Waals surface area (Å²) < 4.78 is 0. The summed E-state index contributed by atoms with van der Waals surface area (Å²) >= 11 is 0. The van der Waals surface area contributed by atoms with Crippen LogP contribution in [0.5, 0.6) is 0 Å². The molecule has 4 amide bonds. The van der Waals surface area contributed by atoms with E-state index in [1.165, 1.54) is 18.7 Å². The van der Waals surface area contributed by atoms with Gasteiger partial charge in [0.1, 0.15) is 18.1 Å². The van der Waals surface area contributed by atoms with E-state index in [1.54, 1.807) is 0 Å². The minimum atomic E-state index is -1.45. The van der Waals surface area contributed by atoms with Gasteiger partial charge >= 0.3 is 5.97 Å². The van der Waals surface area contributed by atoms with Crippen molar-refractivity contribution in [3.8, 4) is 0 Å². The van der Waals surface area contributed by atoms with E-state index in [0.29, 0.717) is 19.4 Å². The maximum atomic E-state index is 12.6. The fraction of sp³-hybridized carbons (Fsp3) is 0.706. The van der Waals surface area contributed by atoms with Gasteiger partial charge in [0.15, 0.2) is 0 Å². The van der Waals surface area contributed by atoms with Gasteiger partial charge in [0, 0.05) is 13.0 Å². The summed E-state index contributed by atoms with van der Waals surface area (Å²) in [6.45, 7) is 3.10. The second-order valence-corrected chi connectivity index (χ2v) is 7.11. The van der Waals surface area contributed by atoms with Crippen LogP contribution >= 0.6 is 0 Å². The Morgan fingerprint density at radius 3 is 2.28 bits per heavy atom. The van der Waals surface area contributed by atoms with Crippen LogP contribution in [0.15, 0.2) is 0 Å². The summed E-state index contributed by atoms with van der Waals surface area (Å²) in [6, 6.07) is -4.50. The number of carbonyl (C=O) groups is 5. The number of primary amides is 1. The SMILES string of the molecule is CC(N)C(=O)N1CCCC1C(=O)NC(C(=O)NC(CCC(N)=O)C(=O)O)C(C)O. The number of aliphatic hydroxyl groups excluding tert-OH is 1. The van der Waals surface area contributed by atoms with Gasteiger partial charge in [0.25, 0.3) is 0 Å². The molecule has 0 aliphatic carbocycles. The summed E-state index contributed by atoms with van der Waals surface area (Å²) in [4.78, 5) is 60.7. The second kappa shape index (κ2) is 10.7. The molecule has 0 aromatic carbocycles. The lowest BCUT2D eigenvalue weighted by Gasteiger charge is -2.28. The quantitative estimate of drug-likeness (QED) is 0.217. The highest BCUT2D eigenvalue weighted by Gasteiger charge is 2.38. The van der Waals surface area contributed by atoms with Crippen LogP contribution in [-0.4, -0.2) is 81.5 Å². The highest BCUT2D eigenvalue weighted by Crippen LogP contribution is 2.18. The van der Waals surface area contributed by atoms with E-state index >= 15 is 0 Å². The van der Waals surface area contributed by atoms with Crippen LogP contribution in [0.4, 0.5) is 0 Å². The monoisotopic (exact) mass is 415 g/mol. The third-order valence-corrected chi connectivity index (χ3v) is 4.58. The molecule has 5 atom stereocenters. The Bertz CT molecular complexity index is 652. The highest BCUT2D eigenvalue weighted by atomic mass is 16.4. The summed E-state index contributed by atoms with van der Waals surface area (Å²) in [5.74, 6) is -4.11. The van der Waals surface area contributed by atoms with E-state index in [9.17, 15) is 34.2 Å². The van der Waals surface area contributed by atoms with Crippen molar-refractivity contribution in [3.05, 3.63) is 0 Å². The molecule has 0 saturated carbocycles. The largest absolute Gasteiger partial charge is 0.480 e. The Kier molecular flexibility index (Phi) is 8.98. The molecule has 0 aromatic heterocycles. The summed E-state index contributed by atoms with van der Waals surface area (Å²) in [5.41, 5.74) is 10.6. The summed E-state index contributed by atoms with van der Waals surface area (Å²) in [5, 5.41) is 23.6. The molecular weight excluding hydrogens is 386 g/mol. The molecule has 1 heterocycles. The van der Waals surface area contributed by atoms with Crippen LogP contribution in [0.25, 0.3) is 0 Å². The van der Waals surface area contributed by atoms with Crippen molar-refractivity contribution in [3.63, 3.8) is 0 Å². The number of nitrogens with one attached hydrogen (secondary N) is 2. The Morgan fingerprint density at radius 2 is 1.79 bits per heavy atom. The predicted molar refractivity (Wildman–Crippen MR) is 100.0 cm³/mol. The number of rotatable bonds is 10. The lowest BCUT2D eigenvalue weighted by Crippen LogP contribution is -2.59. The number of carboxylic acids is 1. The Morgan fingerprint density at radius 1 is 1.17 bits per heavy atom. The number of amides is 4. The number of likely N-dealkylation sites (tertiary alicyclic amines) is 1. The minimum Gasteiger partial charge on any atom is -0.480 e. The van der Waals surface area contributed by atoms with Crippen LogP contribution in [-0.2, 0) is 24.0 Å². The van der Waals surface area contributed by atoms with Gasteiger partial charge in [-0.25, -0.2) is 4.79 Å². The van der Waals surface area contributed by atoms with Gasteiger partial charge in [-0.3, -0.25) is 19.2 Å². The average Bonchev–Trinajstić information content (AvgIpc) is 3.10. The van der Waals surface area contributed by atoms with Gasteiger partial charge in [-0.2, -0.15) is 0 Å². The third kappa shape index (κ3) is 6.98. The van der Waals surface area contributed by atoms with Gasteiger partial charge in [0.05, 0.1) is 12.1 Å². The molecule has 5 unspecified atom stereocenters. The van der Waals surface area contributed by atoms with Crippen molar-refractivity contribution in [2.24, 2.45) is 11.5 Å². The number of aliphatic hydroxyl groups is 1. The summed E-state index contributed by atoms with van der Waals surface area (Å²) in [7, 11) is 0. The van der Waals surface area contributed by atoms with Crippen molar-refractivity contribution < 1.29 is 34.2 Å². The molecular formula is C17H29N5O7. The van der Waals surface area contributed by atoms with Gasteiger partial charge in [0.2, 0.25) is 23.6 Å². The van der Waals surface area contributed by atoms with Crippen LogP contribution in [0, 0.1) is 0 Å². The standard InChI is InChI=1S/C17H29N5O7/c1-8(18)16(27)22-7-3-4-11(22)14(25)21-13(9(2)23)15(26)20-10(17(28)29)5-6-12(19)24/h8-11,13,23H,3-7,18H2,1-2H3,(H2,19,24)(H,20,26)(H,21,25)(H,28,29). The maximum absolute atomic E-state index is 12.6. The third-order valence-electron chi connectivity index (χ3n) is 4.58. The molecule has 29 heavy (non-hydrogen) atoms. The molecule has 1 saturated heterocycles. The molecule has 164 valence electrons. The van der Waals surface area contributed by atoms with Gasteiger partial charge in [-0.15, -0.1) is 0 Å². The lowest BCUT2D eigenvalue weighted by atomic mass is 10.1.